The van der Waals surface area contributed by atoms with Crippen LogP contribution in [0.5, 0.6) is 5.75 Å². The van der Waals surface area contributed by atoms with Gasteiger partial charge < -0.3 is 14.8 Å². The molecule has 0 spiro atoms. The first-order valence-corrected chi connectivity index (χ1v) is 8.35. The third-order valence-electron chi connectivity index (χ3n) is 4.28. The Kier molecular flexibility index (Phi) is 5.16. The van der Waals surface area contributed by atoms with Crippen molar-refractivity contribution in [3.63, 3.8) is 0 Å². The largest absolute Gasteiger partial charge is 0.491 e. The van der Waals surface area contributed by atoms with E-state index in [9.17, 15) is 4.79 Å². The van der Waals surface area contributed by atoms with Gasteiger partial charge in [-0.3, -0.25) is 4.79 Å². The highest BCUT2D eigenvalue weighted by atomic mass is 16.5. The fourth-order valence-corrected chi connectivity index (χ4v) is 2.89. The number of hydrogen-bond acceptors (Lipinski definition) is 3. The van der Waals surface area contributed by atoms with E-state index in [4.69, 9.17) is 9.47 Å². The lowest BCUT2D eigenvalue weighted by Gasteiger charge is -2.13. The Morgan fingerprint density at radius 2 is 1.96 bits per heavy atom. The standard InChI is InChI=1S/C20H23NO3/c1-14-6-3-7-15(2)19(14)21-20(22)16-8-4-9-17(12-16)24-13-18-10-5-11-23-18/h3-4,6-9,12,18H,5,10-11,13H2,1-2H3,(H,21,22). The molecule has 1 saturated heterocycles. The number of carbonyl (C=O) groups is 1. The Balaban J connectivity index is 1.67. The fourth-order valence-electron chi connectivity index (χ4n) is 2.89. The van der Waals surface area contributed by atoms with Gasteiger partial charge in [-0.1, -0.05) is 24.3 Å². The van der Waals surface area contributed by atoms with E-state index < -0.39 is 0 Å². The van der Waals surface area contributed by atoms with Crippen molar-refractivity contribution in [2.45, 2.75) is 32.8 Å². The topological polar surface area (TPSA) is 47.6 Å². The molecule has 1 fully saturated rings. The van der Waals surface area contributed by atoms with Crippen molar-refractivity contribution >= 4 is 11.6 Å². The number of hydrogen-bond donors (Lipinski definition) is 1. The summed E-state index contributed by atoms with van der Waals surface area (Å²) >= 11 is 0. The van der Waals surface area contributed by atoms with Crippen molar-refractivity contribution in [1.29, 1.82) is 0 Å². The fraction of sp³-hybridized carbons (Fsp3) is 0.350. The first kappa shape index (κ1) is 16.5. The molecule has 1 atom stereocenters. The lowest BCUT2D eigenvalue weighted by Crippen LogP contribution is -2.17. The molecule has 1 aliphatic heterocycles. The van der Waals surface area contributed by atoms with Crippen LogP contribution in [0.15, 0.2) is 42.5 Å². The summed E-state index contributed by atoms with van der Waals surface area (Å²) in [6, 6.07) is 13.2. The zero-order valence-corrected chi connectivity index (χ0v) is 14.2. The van der Waals surface area contributed by atoms with Gasteiger partial charge in [0.25, 0.3) is 5.91 Å². The highest BCUT2D eigenvalue weighted by Crippen LogP contribution is 2.22. The monoisotopic (exact) mass is 325 g/mol. The molecule has 0 bridgehead atoms. The van der Waals surface area contributed by atoms with Crippen molar-refractivity contribution in [2.75, 3.05) is 18.5 Å². The molecule has 0 radical (unpaired) electrons. The predicted octanol–water partition coefficient (Wildman–Crippen LogP) is 4.11. The molecule has 2 aromatic carbocycles. The summed E-state index contributed by atoms with van der Waals surface area (Å²) in [6.45, 7) is 5.32. The van der Waals surface area contributed by atoms with Crippen LogP contribution < -0.4 is 10.1 Å². The smallest absolute Gasteiger partial charge is 0.255 e. The number of anilines is 1. The Bertz CT molecular complexity index is 700. The summed E-state index contributed by atoms with van der Waals surface area (Å²) in [5.41, 5.74) is 3.55. The lowest BCUT2D eigenvalue weighted by atomic mass is 10.1. The van der Waals surface area contributed by atoms with E-state index in [-0.39, 0.29) is 12.0 Å². The summed E-state index contributed by atoms with van der Waals surface area (Å²) in [4.78, 5) is 12.5. The zero-order chi connectivity index (χ0) is 16.9. The molecule has 2 aromatic rings. The number of aryl methyl sites for hydroxylation is 2. The summed E-state index contributed by atoms with van der Waals surface area (Å²) in [5, 5.41) is 3.00. The molecule has 3 rings (SSSR count). The molecule has 1 unspecified atom stereocenters. The Hall–Kier alpha value is -2.33. The Labute approximate surface area is 142 Å². The molecule has 1 heterocycles. The average molecular weight is 325 g/mol. The molecule has 24 heavy (non-hydrogen) atoms. The SMILES string of the molecule is Cc1cccc(C)c1NC(=O)c1cccc(OCC2CCCO2)c1. The quantitative estimate of drug-likeness (QED) is 0.900. The van der Waals surface area contributed by atoms with Crippen molar-refractivity contribution in [3.8, 4) is 5.75 Å². The van der Waals surface area contributed by atoms with E-state index in [1.54, 1.807) is 12.1 Å². The van der Waals surface area contributed by atoms with Gasteiger partial charge in [-0.15, -0.1) is 0 Å². The second-order valence-electron chi connectivity index (χ2n) is 6.19. The van der Waals surface area contributed by atoms with Crippen LogP contribution in [0.3, 0.4) is 0 Å². The van der Waals surface area contributed by atoms with Gasteiger partial charge in [-0.05, 0) is 56.0 Å². The van der Waals surface area contributed by atoms with Crippen molar-refractivity contribution in [2.24, 2.45) is 0 Å². The molecule has 1 amide bonds. The maximum absolute atomic E-state index is 12.5. The van der Waals surface area contributed by atoms with Gasteiger partial charge in [0, 0.05) is 17.9 Å². The Morgan fingerprint density at radius 1 is 1.21 bits per heavy atom. The van der Waals surface area contributed by atoms with Gasteiger partial charge in [-0.2, -0.15) is 0 Å². The van der Waals surface area contributed by atoms with Gasteiger partial charge >= 0.3 is 0 Å². The van der Waals surface area contributed by atoms with Crippen LogP contribution in [-0.2, 0) is 4.74 Å². The maximum Gasteiger partial charge on any atom is 0.255 e. The molecule has 1 aliphatic rings. The van der Waals surface area contributed by atoms with Gasteiger partial charge in [-0.25, -0.2) is 0 Å². The lowest BCUT2D eigenvalue weighted by molar-refractivity contribution is 0.0679. The Morgan fingerprint density at radius 3 is 2.67 bits per heavy atom. The van der Waals surface area contributed by atoms with Crippen molar-refractivity contribution < 1.29 is 14.3 Å². The molecule has 126 valence electrons. The van der Waals surface area contributed by atoms with E-state index in [0.717, 1.165) is 36.3 Å². The predicted molar refractivity (Wildman–Crippen MR) is 94.8 cm³/mol. The van der Waals surface area contributed by atoms with E-state index >= 15 is 0 Å². The van der Waals surface area contributed by atoms with Crippen LogP contribution in [-0.4, -0.2) is 25.2 Å². The summed E-state index contributed by atoms with van der Waals surface area (Å²) in [5.74, 6) is 0.564. The molecule has 0 aromatic heterocycles. The molecule has 0 aliphatic carbocycles. The summed E-state index contributed by atoms with van der Waals surface area (Å²) in [6.07, 6.45) is 2.29. The number of rotatable bonds is 5. The van der Waals surface area contributed by atoms with E-state index in [2.05, 4.69) is 5.32 Å². The number of nitrogens with one attached hydrogen (secondary N) is 1. The molecule has 4 heteroatoms. The van der Waals surface area contributed by atoms with Gasteiger partial charge in [0.1, 0.15) is 12.4 Å². The first-order chi connectivity index (χ1) is 11.6. The van der Waals surface area contributed by atoms with Crippen molar-refractivity contribution in [1.82, 2.24) is 0 Å². The maximum atomic E-state index is 12.5. The van der Waals surface area contributed by atoms with Crippen LogP contribution in [0.2, 0.25) is 0 Å². The second kappa shape index (κ2) is 7.49. The number of benzene rings is 2. The second-order valence-corrected chi connectivity index (χ2v) is 6.19. The number of ether oxygens (including phenoxy) is 2. The van der Waals surface area contributed by atoms with Crippen molar-refractivity contribution in [3.05, 3.63) is 59.2 Å². The zero-order valence-electron chi connectivity index (χ0n) is 14.2. The summed E-state index contributed by atoms with van der Waals surface area (Å²) < 4.78 is 11.3. The van der Waals surface area contributed by atoms with Gasteiger partial charge in [0.2, 0.25) is 0 Å². The van der Waals surface area contributed by atoms with Crippen LogP contribution in [0.1, 0.15) is 34.3 Å². The van der Waals surface area contributed by atoms with Crippen LogP contribution in [0, 0.1) is 13.8 Å². The van der Waals surface area contributed by atoms with Crippen LogP contribution >= 0.6 is 0 Å². The number of carbonyl (C=O) groups excluding carboxylic acids is 1. The number of amides is 1. The first-order valence-electron chi connectivity index (χ1n) is 8.35. The van der Waals surface area contributed by atoms with E-state index in [1.807, 2.05) is 44.2 Å². The highest BCUT2D eigenvalue weighted by molar-refractivity contribution is 6.05. The van der Waals surface area contributed by atoms with E-state index in [1.165, 1.54) is 0 Å². The third kappa shape index (κ3) is 3.95. The van der Waals surface area contributed by atoms with Gasteiger partial charge in [0.05, 0.1) is 6.10 Å². The van der Waals surface area contributed by atoms with E-state index in [0.29, 0.717) is 17.9 Å². The minimum Gasteiger partial charge on any atom is -0.491 e. The summed E-state index contributed by atoms with van der Waals surface area (Å²) in [7, 11) is 0. The number of para-hydroxylation sites is 1. The third-order valence-corrected chi connectivity index (χ3v) is 4.28. The molecule has 4 nitrogen and oxygen atoms in total. The van der Waals surface area contributed by atoms with Gasteiger partial charge in [0.15, 0.2) is 0 Å². The normalized spacial score (nSPS) is 16.8. The molecular weight excluding hydrogens is 302 g/mol. The van der Waals surface area contributed by atoms with Crippen LogP contribution in [0.25, 0.3) is 0 Å². The molecular formula is C20H23NO3. The minimum absolute atomic E-state index is 0.130. The molecule has 1 N–H and O–H groups in total. The van der Waals surface area contributed by atoms with Crippen LogP contribution in [0.4, 0.5) is 5.69 Å². The minimum atomic E-state index is -0.130. The highest BCUT2D eigenvalue weighted by Gasteiger charge is 2.16. The molecule has 0 saturated carbocycles. The average Bonchev–Trinajstić information content (AvgIpc) is 3.10.